The molecular formula is C19H23N3O3S. The van der Waals surface area contributed by atoms with Crippen molar-refractivity contribution in [2.75, 3.05) is 19.7 Å². The average molecular weight is 373 g/mol. The molecule has 1 aromatic carbocycles. The summed E-state index contributed by atoms with van der Waals surface area (Å²) in [6.07, 6.45) is 1.19. The molecule has 7 heteroatoms. The van der Waals surface area contributed by atoms with Crippen molar-refractivity contribution >= 4 is 17.9 Å². The van der Waals surface area contributed by atoms with Gasteiger partial charge in [-0.2, -0.15) is 5.10 Å². The van der Waals surface area contributed by atoms with Crippen LogP contribution in [0.3, 0.4) is 0 Å². The standard InChI is InChI=1S/C19H23N3O3S/c1-19(2,3)25-18(23)22-10-11-24-16(13-22)14-6-4-7-15(12-14)26-17-8-5-9-20-21-17/h4-9,12,16H,10-11,13H2,1-3H3/t16-/m0/s1. The molecule has 1 aromatic heterocycles. The van der Waals surface area contributed by atoms with Gasteiger partial charge in [-0.25, -0.2) is 4.79 Å². The van der Waals surface area contributed by atoms with Crippen molar-refractivity contribution in [3.05, 3.63) is 48.2 Å². The number of ether oxygens (including phenoxy) is 2. The lowest BCUT2D eigenvalue weighted by Gasteiger charge is -2.34. The number of rotatable bonds is 3. The summed E-state index contributed by atoms with van der Waals surface area (Å²) in [5, 5.41) is 8.83. The Labute approximate surface area is 157 Å². The highest BCUT2D eigenvalue weighted by Gasteiger charge is 2.29. The van der Waals surface area contributed by atoms with Crippen molar-refractivity contribution in [3.63, 3.8) is 0 Å². The largest absolute Gasteiger partial charge is 0.444 e. The first-order valence-corrected chi connectivity index (χ1v) is 9.37. The average Bonchev–Trinajstić information content (AvgIpc) is 2.61. The highest BCUT2D eigenvalue weighted by Crippen LogP contribution is 2.30. The lowest BCUT2D eigenvalue weighted by molar-refractivity contribution is -0.0433. The van der Waals surface area contributed by atoms with Gasteiger partial charge in [0.1, 0.15) is 16.7 Å². The summed E-state index contributed by atoms with van der Waals surface area (Å²) in [6.45, 7) is 7.13. The molecule has 2 heterocycles. The Balaban J connectivity index is 1.68. The first kappa shape index (κ1) is 18.7. The zero-order valence-electron chi connectivity index (χ0n) is 15.2. The van der Waals surface area contributed by atoms with Crippen molar-refractivity contribution in [2.45, 2.75) is 42.4 Å². The van der Waals surface area contributed by atoms with Crippen LogP contribution >= 0.6 is 11.8 Å². The first-order valence-electron chi connectivity index (χ1n) is 8.56. The van der Waals surface area contributed by atoms with Crippen LogP contribution in [0.25, 0.3) is 0 Å². The number of carbonyl (C=O) groups is 1. The quantitative estimate of drug-likeness (QED) is 0.812. The van der Waals surface area contributed by atoms with Crippen LogP contribution in [0.4, 0.5) is 4.79 Å². The number of hydrogen-bond acceptors (Lipinski definition) is 6. The molecule has 0 spiro atoms. The van der Waals surface area contributed by atoms with Gasteiger partial charge in [-0.05, 0) is 50.6 Å². The van der Waals surface area contributed by atoms with E-state index >= 15 is 0 Å². The molecule has 0 N–H and O–H groups in total. The fraction of sp³-hybridized carbons (Fsp3) is 0.421. The molecule has 1 aliphatic rings. The topological polar surface area (TPSA) is 64.5 Å². The molecule has 0 bridgehead atoms. The van der Waals surface area contributed by atoms with E-state index < -0.39 is 5.60 Å². The number of aromatic nitrogens is 2. The summed E-state index contributed by atoms with van der Waals surface area (Å²) < 4.78 is 11.4. The first-order chi connectivity index (χ1) is 12.4. The fourth-order valence-corrected chi connectivity index (χ4v) is 3.40. The van der Waals surface area contributed by atoms with Gasteiger partial charge < -0.3 is 14.4 Å². The number of carbonyl (C=O) groups excluding carboxylic acids is 1. The second-order valence-electron chi connectivity index (χ2n) is 7.02. The lowest BCUT2D eigenvalue weighted by Crippen LogP contribution is -2.44. The molecule has 0 aliphatic carbocycles. The molecule has 1 amide bonds. The summed E-state index contributed by atoms with van der Waals surface area (Å²) in [7, 11) is 0. The minimum absolute atomic E-state index is 0.168. The molecule has 1 saturated heterocycles. The molecule has 0 radical (unpaired) electrons. The lowest BCUT2D eigenvalue weighted by atomic mass is 10.1. The molecule has 0 saturated carbocycles. The van der Waals surface area contributed by atoms with Gasteiger partial charge in [0.05, 0.1) is 13.2 Å². The van der Waals surface area contributed by atoms with Gasteiger partial charge in [0.25, 0.3) is 0 Å². The van der Waals surface area contributed by atoms with E-state index in [1.807, 2.05) is 51.1 Å². The van der Waals surface area contributed by atoms with Crippen LogP contribution < -0.4 is 0 Å². The molecule has 6 nitrogen and oxygen atoms in total. The van der Waals surface area contributed by atoms with Crippen molar-refractivity contribution in [1.82, 2.24) is 15.1 Å². The van der Waals surface area contributed by atoms with E-state index in [2.05, 4.69) is 16.3 Å². The molecule has 2 aromatic rings. The van der Waals surface area contributed by atoms with Crippen molar-refractivity contribution in [3.8, 4) is 0 Å². The van der Waals surface area contributed by atoms with Crippen molar-refractivity contribution in [1.29, 1.82) is 0 Å². The van der Waals surface area contributed by atoms with E-state index in [0.29, 0.717) is 19.7 Å². The van der Waals surface area contributed by atoms with Crippen LogP contribution in [0.15, 0.2) is 52.5 Å². The maximum absolute atomic E-state index is 12.3. The summed E-state index contributed by atoms with van der Waals surface area (Å²) in [4.78, 5) is 15.1. The monoisotopic (exact) mass is 373 g/mol. The molecule has 138 valence electrons. The van der Waals surface area contributed by atoms with E-state index in [9.17, 15) is 4.79 Å². The van der Waals surface area contributed by atoms with Crippen molar-refractivity contribution < 1.29 is 14.3 Å². The number of morpholine rings is 1. The van der Waals surface area contributed by atoms with Gasteiger partial charge in [-0.15, -0.1) is 5.10 Å². The van der Waals surface area contributed by atoms with Crippen LogP contribution in [0.5, 0.6) is 0 Å². The van der Waals surface area contributed by atoms with Gasteiger partial charge in [0.2, 0.25) is 0 Å². The Morgan fingerprint density at radius 3 is 2.88 bits per heavy atom. The molecule has 1 fully saturated rings. The summed E-state index contributed by atoms with van der Waals surface area (Å²) in [5.41, 5.74) is 0.533. The smallest absolute Gasteiger partial charge is 0.410 e. The third-order valence-electron chi connectivity index (χ3n) is 3.72. The third kappa shape index (κ3) is 5.19. The predicted octanol–water partition coefficient (Wildman–Crippen LogP) is 3.94. The van der Waals surface area contributed by atoms with E-state index in [0.717, 1.165) is 15.5 Å². The number of amides is 1. The minimum atomic E-state index is -0.502. The van der Waals surface area contributed by atoms with Gasteiger partial charge in [-0.1, -0.05) is 23.9 Å². The van der Waals surface area contributed by atoms with E-state index in [4.69, 9.17) is 9.47 Å². The molecule has 26 heavy (non-hydrogen) atoms. The number of benzene rings is 1. The van der Waals surface area contributed by atoms with E-state index in [1.54, 1.807) is 22.9 Å². The number of nitrogens with zero attached hydrogens (tertiary/aromatic N) is 3. The Kier molecular flexibility index (Phi) is 5.78. The highest BCUT2D eigenvalue weighted by molar-refractivity contribution is 7.99. The summed E-state index contributed by atoms with van der Waals surface area (Å²) >= 11 is 1.55. The van der Waals surface area contributed by atoms with Crippen molar-refractivity contribution in [2.24, 2.45) is 0 Å². The van der Waals surface area contributed by atoms with Crippen LogP contribution in [-0.4, -0.2) is 46.5 Å². The Bertz CT molecular complexity index is 749. The van der Waals surface area contributed by atoms with Crippen LogP contribution in [0, 0.1) is 0 Å². The molecule has 1 aliphatic heterocycles. The number of hydrogen-bond donors (Lipinski definition) is 0. The second-order valence-corrected chi connectivity index (χ2v) is 8.12. The zero-order valence-corrected chi connectivity index (χ0v) is 16.0. The van der Waals surface area contributed by atoms with Crippen LogP contribution in [0.1, 0.15) is 32.4 Å². The Hall–Kier alpha value is -2.12. The zero-order chi connectivity index (χ0) is 18.6. The van der Waals surface area contributed by atoms with Crippen LogP contribution in [0.2, 0.25) is 0 Å². The van der Waals surface area contributed by atoms with Gasteiger partial charge in [-0.3, -0.25) is 0 Å². The molecule has 3 rings (SSSR count). The Morgan fingerprint density at radius 1 is 1.31 bits per heavy atom. The maximum atomic E-state index is 12.3. The van der Waals surface area contributed by atoms with Crippen LogP contribution in [-0.2, 0) is 9.47 Å². The maximum Gasteiger partial charge on any atom is 0.410 e. The van der Waals surface area contributed by atoms with Gasteiger partial charge in [0.15, 0.2) is 0 Å². The third-order valence-corrected chi connectivity index (χ3v) is 4.63. The van der Waals surface area contributed by atoms with Gasteiger partial charge in [0, 0.05) is 17.6 Å². The molecular weight excluding hydrogens is 350 g/mol. The molecule has 0 unspecified atom stereocenters. The Morgan fingerprint density at radius 2 is 2.15 bits per heavy atom. The van der Waals surface area contributed by atoms with Gasteiger partial charge >= 0.3 is 6.09 Å². The second kappa shape index (κ2) is 8.05. The summed E-state index contributed by atoms with van der Waals surface area (Å²) in [6, 6.07) is 11.9. The highest BCUT2D eigenvalue weighted by atomic mass is 32.2. The SMILES string of the molecule is CC(C)(C)OC(=O)N1CCO[C@H](c2cccc(Sc3cccnn3)c2)C1. The van der Waals surface area contributed by atoms with E-state index in [-0.39, 0.29) is 12.2 Å². The normalized spacial score (nSPS) is 17.8. The summed E-state index contributed by atoms with van der Waals surface area (Å²) in [5.74, 6) is 0. The van der Waals surface area contributed by atoms with E-state index in [1.165, 1.54) is 0 Å². The predicted molar refractivity (Wildman–Crippen MR) is 99.1 cm³/mol. The fourth-order valence-electron chi connectivity index (χ4n) is 2.58. The molecule has 1 atom stereocenters. The minimum Gasteiger partial charge on any atom is -0.444 e.